The number of carbonyl (C=O) groups excluding carboxylic acids is 1. The second-order valence-electron chi connectivity index (χ2n) is 3.35. The maximum Gasteiger partial charge on any atom is 0.387 e. The number of rotatable bonds is 5. The van der Waals surface area contributed by atoms with Crippen LogP contribution < -0.4 is 4.74 Å². The fourth-order valence-electron chi connectivity index (χ4n) is 1.46. The summed E-state index contributed by atoms with van der Waals surface area (Å²) in [6.45, 7) is -1.57. The Labute approximate surface area is 95.8 Å². The molecule has 0 saturated heterocycles. The van der Waals surface area contributed by atoms with Gasteiger partial charge in [-0.25, -0.2) is 0 Å². The van der Waals surface area contributed by atoms with Crippen LogP contribution in [0.2, 0.25) is 0 Å². The van der Waals surface area contributed by atoms with Gasteiger partial charge in [-0.05, 0) is 12.5 Å². The molecule has 17 heavy (non-hydrogen) atoms. The fourth-order valence-corrected chi connectivity index (χ4v) is 1.46. The van der Waals surface area contributed by atoms with Crippen molar-refractivity contribution in [2.24, 2.45) is 0 Å². The Bertz CT molecular complexity index is 443. The maximum atomic E-state index is 12.2. The average molecular weight is 244 g/mol. The highest BCUT2D eigenvalue weighted by molar-refractivity contribution is 5.83. The molecule has 0 saturated carbocycles. The minimum atomic E-state index is -3.07. The van der Waals surface area contributed by atoms with Crippen LogP contribution in [0.25, 0.3) is 0 Å². The Morgan fingerprint density at radius 3 is 2.65 bits per heavy atom. The van der Waals surface area contributed by atoms with E-state index < -0.39 is 19.0 Å². The zero-order valence-corrected chi connectivity index (χ0v) is 8.94. The summed E-state index contributed by atoms with van der Waals surface area (Å²) >= 11 is 0. The molecule has 1 N–H and O–H groups in total. The van der Waals surface area contributed by atoms with Gasteiger partial charge in [-0.3, -0.25) is 9.59 Å². The summed E-state index contributed by atoms with van der Waals surface area (Å²) in [7, 11) is 0. The Balaban J connectivity index is 3.30. The Hall–Kier alpha value is -1.98. The summed E-state index contributed by atoms with van der Waals surface area (Å²) in [4.78, 5) is 21.3. The zero-order valence-electron chi connectivity index (χ0n) is 8.94. The van der Waals surface area contributed by atoms with E-state index in [0.29, 0.717) is 11.8 Å². The van der Waals surface area contributed by atoms with Gasteiger partial charge in [0.25, 0.3) is 0 Å². The first-order chi connectivity index (χ1) is 7.95. The maximum absolute atomic E-state index is 12.2. The van der Waals surface area contributed by atoms with E-state index in [-0.39, 0.29) is 16.9 Å². The number of hydrogen-bond acceptors (Lipinski definition) is 3. The number of aryl methyl sites for hydroxylation is 1. The van der Waals surface area contributed by atoms with Crippen LogP contribution in [0.5, 0.6) is 5.75 Å². The summed E-state index contributed by atoms with van der Waals surface area (Å²) < 4.78 is 28.7. The Morgan fingerprint density at radius 2 is 2.18 bits per heavy atom. The van der Waals surface area contributed by atoms with Gasteiger partial charge in [0, 0.05) is 11.1 Å². The number of ether oxygens (including phenoxy) is 1. The van der Waals surface area contributed by atoms with Crippen molar-refractivity contribution < 1.29 is 28.2 Å². The van der Waals surface area contributed by atoms with E-state index in [9.17, 15) is 18.4 Å². The lowest BCUT2D eigenvalue weighted by Crippen LogP contribution is -2.11. The van der Waals surface area contributed by atoms with Gasteiger partial charge >= 0.3 is 12.6 Å². The molecule has 92 valence electrons. The number of hydrogen-bond donors (Lipinski definition) is 1. The van der Waals surface area contributed by atoms with Gasteiger partial charge in [-0.1, -0.05) is 12.1 Å². The number of carbonyl (C=O) groups is 2. The van der Waals surface area contributed by atoms with Crippen LogP contribution in [0.1, 0.15) is 21.5 Å². The van der Waals surface area contributed by atoms with Gasteiger partial charge < -0.3 is 9.84 Å². The van der Waals surface area contributed by atoms with E-state index in [1.54, 1.807) is 0 Å². The lowest BCUT2D eigenvalue weighted by molar-refractivity contribution is -0.136. The number of carboxylic acid groups (broad SMARTS) is 1. The van der Waals surface area contributed by atoms with Gasteiger partial charge in [-0.2, -0.15) is 8.78 Å². The number of halogens is 2. The van der Waals surface area contributed by atoms with Gasteiger partial charge in [0.15, 0.2) is 0 Å². The molecular weight excluding hydrogens is 234 g/mol. The second-order valence-corrected chi connectivity index (χ2v) is 3.35. The standard InChI is InChI=1S/C11H10F2O4/c1-6-2-3-7(5-14)8(4-9(15)16)10(6)17-11(12)13/h2-3,5,11H,4H2,1H3,(H,15,16). The van der Waals surface area contributed by atoms with E-state index in [0.717, 1.165) is 0 Å². The van der Waals surface area contributed by atoms with Gasteiger partial charge in [0.1, 0.15) is 12.0 Å². The molecule has 0 radical (unpaired) electrons. The van der Waals surface area contributed by atoms with Crippen LogP contribution in [-0.2, 0) is 11.2 Å². The summed E-state index contributed by atoms with van der Waals surface area (Å²) in [5.74, 6) is -1.47. The highest BCUT2D eigenvalue weighted by Crippen LogP contribution is 2.28. The molecule has 0 aliphatic heterocycles. The lowest BCUT2D eigenvalue weighted by atomic mass is 10.0. The van der Waals surface area contributed by atoms with E-state index in [1.807, 2.05) is 0 Å². The van der Waals surface area contributed by atoms with Crippen molar-refractivity contribution in [2.45, 2.75) is 20.0 Å². The van der Waals surface area contributed by atoms with Crippen LogP contribution in [-0.4, -0.2) is 24.0 Å². The average Bonchev–Trinajstić information content (AvgIpc) is 2.22. The predicted octanol–water partition coefficient (Wildman–Crippen LogP) is 2.04. The third-order valence-corrected chi connectivity index (χ3v) is 2.16. The molecule has 1 aromatic rings. The van der Waals surface area contributed by atoms with E-state index in [1.165, 1.54) is 19.1 Å². The minimum Gasteiger partial charge on any atom is -0.481 e. The topological polar surface area (TPSA) is 63.6 Å². The Kier molecular flexibility index (Phi) is 4.14. The van der Waals surface area contributed by atoms with Crippen molar-refractivity contribution in [2.75, 3.05) is 0 Å². The van der Waals surface area contributed by atoms with Crippen molar-refractivity contribution >= 4 is 12.3 Å². The van der Waals surface area contributed by atoms with E-state index in [2.05, 4.69) is 4.74 Å². The number of carboxylic acids is 1. The molecular formula is C11H10F2O4. The molecule has 0 fully saturated rings. The first-order valence-corrected chi connectivity index (χ1v) is 4.70. The number of alkyl halides is 2. The van der Waals surface area contributed by atoms with E-state index >= 15 is 0 Å². The number of aldehydes is 1. The zero-order chi connectivity index (χ0) is 13.0. The van der Waals surface area contributed by atoms with Gasteiger partial charge in [0.05, 0.1) is 6.42 Å². The summed E-state index contributed by atoms with van der Waals surface area (Å²) in [5.41, 5.74) is 0.355. The van der Waals surface area contributed by atoms with Crippen molar-refractivity contribution in [3.05, 3.63) is 28.8 Å². The molecule has 0 aliphatic rings. The van der Waals surface area contributed by atoms with Crippen LogP contribution in [0.15, 0.2) is 12.1 Å². The largest absolute Gasteiger partial charge is 0.481 e. The predicted molar refractivity (Wildman–Crippen MR) is 54.5 cm³/mol. The molecule has 0 unspecified atom stereocenters. The molecule has 0 spiro atoms. The van der Waals surface area contributed by atoms with Crippen molar-refractivity contribution in [3.63, 3.8) is 0 Å². The van der Waals surface area contributed by atoms with Crippen LogP contribution in [0.3, 0.4) is 0 Å². The molecule has 1 rings (SSSR count). The fraction of sp³-hybridized carbons (Fsp3) is 0.273. The van der Waals surface area contributed by atoms with Crippen molar-refractivity contribution in [3.8, 4) is 5.75 Å². The third kappa shape index (κ3) is 3.24. The molecule has 0 amide bonds. The first-order valence-electron chi connectivity index (χ1n) is 4.70. The van der Waals surface area contributed by atoms with Crippen molar-refractivity contribution in [1.82, 2.24) is 0 Å². The molecule has 0 heterocycles. The van der Waals surface area contributed by atoms with Gasteiger partial charge in [-0.15, -0.1) is 0 Å². The normalized spacial score (nSPS) is 10.4. The highest BCUT2D eigenvalue weighted by atomic mass is 19.3. The summed E-state index contributed by atoms with van der Waals surface area (Å²) in [5, 5.41) is 8.68. The Morgan fingerprint density at radius 1 is 1.53 bits per heavy atom. The molecule has 0 aliphatic carbocycles. The third-order valence-electron chi connectivity index (χ3n) is 2.16. The van der Waals surface area contributed by atoms with E-state index in [4.69, 9.17) is 5.11 Å². The molecule has 0 atom stereocenters. The molecule has 4 nitrogen and oxygen atoms in total. The summed E-state index contributed by atoms with van der Waals surface area (Å²) in [6.07, 6.45) is -0.131. The quantitative estimate of drug-likeness (QED) is 0.805. The monoisotopic (exact) mass is 244 g/mol. The van der Waals surface area contributed by atoms with Crippen LogP contribution in [0, 0.1) is 6.92 Å². The number of aliphatic carboxylic acids is 1. The SMILES string of the molecule is Cc1ccc(C=O)c(CC(=O)O)c1OC(F)F. The second kappa shape index (κ2) is 5.38. The van der Waals surface area contributed by atoms with Crippen LogP contribution >= 0.6 is 0 Å². The first kappa shape index (κ1) is 13.1. The lowest BCUT2D eigenvalue weighted by Gasteiger charge is -2.14. The van der Waals surface area contributed by atoms with Crippen molar-refractivity contribution in [1.29, 1.82) is 0 Å². The van der Waals surface area contributed by atoms with Gasteiger partial charge in [0.2, 0.25) is 0 Å². The molecule has 6 heteroatoms. The summed E-state index contributed by atoms with van der Waals surface area (Å²) in [6, 6.07) is 2.80. The molecule has 0 aromatic heterocycles. The highest BCUT2D eigenvalue weighted by Gasteiger charge is 2.18. The number of benzene rings is 1. The smallest absolute Gasteiger partial charge is 0.387 e. The minimum absolute atomic E-state index is 0.0344. The molecule has 1 aromatic carbocycles. The van der Waals surface area contributed by atoms with Crippen LogP contribution in [0.4, 0.5) is 8.78 Å². The molecule has 0 bridgehead atoms.